The number of nitrogens with two attached hydrogens (primary N) is 1. The molecule has 88 valence electrons. The third-order valence-electron chi connectivity index (χ3n) is 2.84. The standard InChI is InChI=1S/C14H15NO2/c1-3-17-14(16)12-8-13(15)11-7-5-4-6-10(11)9(12)2/h4-8H,3,15H2,1-2H3. The number of nitrogen functional groups attached to an aromatic ring is 1. The first-order chi connectivity index (χ1) is 8.15. The fraction of sp³-hybridized carbons (Fsp3) is 0.214. The predicted octanol–water partition coefficient (Wildman–Crippen LogP) is 2.91. The van der Waals surface area contributed by atoms with Gasteiger partial charge < -0.3 is 10.5 Å². The van der Waals surface area contributed by atoms with Crippen LogP contribution in [-0.4, -0.2) is 12.6 Å². The van der Waals surface area contributed by atoms with E-state index >= 15 is 0 Å². The molecule has 2 aromatic carbocycles. The lowest BCUT2D eigenvalue weighted by Gasteiger charge is -2.11. The molecule has 0 unspecified atom stereocenters. The number of esters is 1. The average molecular weight is 229 g/mol. The van der Waals surface area contributed by atoms with E-state index in [1.807, 2.05) is 31.2 Å². The molecule has 17 heavy (non-hydrogen) atoms. The van der Waals surface area contributed by atoms with Gasteiger partial charge in [0.15, 0.2) is 0 Å². The summed E-state index contributed by atoms with van der Waals surface area (Å²) in [5.41, 5.74) is 8.01. The number of fused-ring (bicyclic) bond motifs is 1. The zero-order valence-corrected chi connectivity index (χ0v) is 9.99. The first-order valence-corrected chi connectivity index (χ1v) is 5.60. The number of aryl methyl sites for hydroxylation is 1. The van der Waals surface area contributed by atoms with Gasteiger partial charge >= 0.3 is 5.97 Å². The van der Waals surface area contributed by atoms with Crippen molar-refractivity contribution in [3.05, 3.63) is 41.5 Å². The zero-order valence-electron chi connectivity index (χ0n) is 9.99. The second-order valence-corrected chi connectivity index (χ2v) is 3.90. The lowest BCUT2D eigenvalue weighted by Crippen LogP contribution is -2.08. The normalized spacial score (nSPS) is 10.5. The number of ether oxygens (including phenoxy) is 1. The molecule has 2 N–H and O–H groups in total. The quantitative estimate of drug-likeness (QED) is 0.636. The van der Waals surface area contributed by atoms with E-state index in [4.69, 9.17) is 10.5 Å². The maximum Gasteiger partial charge on any atom is 0.338 e. The molecule has 0 amide bonds. The minimum absolute atomic E-state index is 0.317. The zero-order chi connectivity index (χ0) is 12.4. The molecule has 2 aromatic rings. The minimum Gasteiger partial charge on any atom is -0.462 e. The molecule has 0 atom stereocenters. The third kappa shape index (κ3) is 1.96. The summed E-state index contributed by atoms with van der Waals surface area (Å²) in [5, 5.41) is 1.97. The molecule has 0 aromatic heterocycles. The van der Waals surface area contributed by atoms with Crippen LogP contribution in [-0.2, 0) is 4.74 Å². The van der Waals surface area contributed by atoms with Crippen LogP contribution >= 0.6 is 0 Å². The van der Waals surface area contributed by atoms with E-state index in [1.165, 1.54) is 0 Å². The topological polar surface area (TPSA) is 52.3 Å². The maximum absolute atomic E-state index is 11.8. The highest BCUT2D eigenvalue weighted by Crippen LogP contribution is 2.27. The summed E-state index contributed by atoms with van der Waals surface area (Å²) in [6, 6.07) is 9.47. The third-order valence-corrected chi connectivity index (χ3v) is 2.84. The van der Waals surface area contributed by atoms with Gasteiger partial charge in [0.1, 0.15) is 0 Å². The molecule has 0 aliphatic carbocycles. The van der Waals surface area contributed by atoms with E-state index in [0.29, 0.717) is 17.9 Å². The van der Waals surface area contributed by atoms with Gasteiger partial charge in [-0.2, -0.15) is 0 Å². The van der Waals surface area contributed by atoms with Crippen LogP contribution in [0.5, 0.6) is 0 Å². The highest BCUT2D eigenvalue weighted by molar-refractivity contribution is 6.03. The minimum atomic E-state index is -0.317. The van der Waals surface area contributed by atoms with Crippen molar-refractivity contribution in [2.24, 2.45) is 0 Å². The number of hydrogen-bond donors (Lipinski definition) is 1. The van der Waals surface area contributed by atoms with E-state index in [9.17, 15) is 4.79 Å². The summed E-state index contributed by atoms with van der Waals surface area (Å²) in [5.74, 6) is -0.317. The molecule has 0 spiro atoms. The van der Waals surface area contributed by atoms with Gasteiger partial charge in [-0.15, -0.1) is 0 Å². The SMILES string of the molecule is CCOC(=O)c1cc(N)c2ccccc2c1C. The van der Waals surface area contributed by atoms with E-state index < -0.39 is 0 Å². The Hall–Kier alpha value is -2.03. The van der Waals surface area contributed by atoms with Crippen LogP contribution in [0.15, 0.2) is 30.3 Å². The van der Waals surface area contributed by atoms with Gasteiger partial charge in [-0.1, -0.05) is 24.3 Å². The predicted molar refractivity (Wildman–Crippen MR) is 69.1 cm³/mol. The molecule has 0 heterocycles. The monoisotopic (exact) mass is 229 g/mol. The summed E-state index contributed by atoms with van der Waals surface area (Å²) >= 11 is 0. The molecule has 3 heteroatoms. The largest absolute Gasteiger partial charge is 0.462 e. The summed E-state index contributed by atoms with van der Waals surface area (Å²) in [4.78, 5) is 11.8. The van der Waals surface area contributed by atoms with E-state index in [0.717, 1.165) is 16.3 Å². The second-order valence-electron chi connectivity index (χ2n) is 3.90. The van der Waals surface area contributed by atoms with Gasteiger partial charge in [0, 0.05) is 11.1 Å². The summed E-state index contributed by atoms with van der Waals surface area (Å²) < 4.78 is 5.02. The fourth-order valence-electron chi connectivity index (χ4n) is 1.97. The highest BCUT2D eigenvalue weighted by atomic mass is 16.5. The molecule has 0 saturated heterocycles. The Balaban J connectivity index is 2.67. The van der Waals surface area contributed by atoms with Crippen molar-refractivity contribution in [3.63, 3.8) is 0 Å². The first-order valence-electron chi connectivity index (χ1n) is 5.60. The molecular formula is C14H15NO2. The molecule has 2 rings (SSSR count). The van der Waals surface area contributed by atoms with E-state index in [-0.39, 0.29) is 5.97 Å². The van der Waals surface area contributed by atoms with Crippen molar-refractivity contribution in [2.75, 3.05) is 12.3 Å². The second kappa shape index (κ2) is 4.45. The smallest absolute Gasteiger partial charge is 0.338 e. The lowest BCUT2D eigenvalue weighted by atomic mass is 9.98. The summed E-state index contributed by atoms with van der Waals surface area (Å²) in [6.45, 7) is 4.07. The number of hydrogen-bond acceptors (Lipinski definition) is 3. The molecule has 0 radical (unpaired) electrons. The van der Waals surface area contributed by atoms with Crippen LogP contribution in [0.4, 0.5) is 5.69 Å². The molecule has 0 saturated carbocycles. The average Bonchev–Trinajstić information content (AvgIpc) is 2.34. The number of benzene rings is 2. The Morgan fingerprint density at radius 1 is 1.29 bits per heavy atom. The molecular weight excluding hydrogens is 214 g/mol. The van der Waals surface area contributed by atoms with Crippen LogP contribution in [0.3, 0.4) is 0 Å². The molecule has 0 fully saturated rings. The first kappa shape index (κ1) is 11.5. The Morgan fingerprint density at radius 2 is 1.94 bits per heavy atom. The number of rotatable bonds is 2. The van der Waals surface area contributed by atoms with Crippen LogP contribution in [0.1, 0.15) is 22.8 Å². The number of carbonyl (C=O) groups excluding carboxylic acids is 1. The molecule has 0 bridgehead atoms. The molecule has 0 aliphatic heterocycles. The number of anilines is 1. The number of carbonyl (C=O) groups is 1. The van der Waals surface area contributed by atoms with Crippen molar-refractivity contribution in [1.82, 2.24) is 0 Å². The van der Waals surface area contributed by atoms with Gasteiger partial charge in [0.25, 0.3) is 0 Å². The van der Waals surface area contributed by atoms with Gasteiger partial charge in [-0.3, -0.25) is 0 Å². The Kier molecular flexibility index (Phi) is 3.00. The Labute approximate surface area is 100 Å². The van der Waals surface area contributed by atoms with Gasteiger partial charge in [-0.05, 0) is 30.9 Å². The highest BCUT2D eigenvalue weighted by Gasteiger charge is 2.14. The summed E-state index contributed by atoms with van der Waals surface area (Å²) in [6.07, 6.45) is 0. The maximum atomic E-state index is 11.8. The van der Waals surface area contributed by atoms with E-state index in [2.05, 4.69) is 0 Å². The van der Waals surface area contributed by atoms with Crippen LogP contribution < -0.4 is 5.73 Å². The van der Waals surface area contributed by atoms with Gasteiger partial charge in [0.2, 0.25) is 0 Å². The Morgan fingerprint density at radius 3 is 2.59 bits per heavy atom. The van der Waals surface area contributed by atoms with Crippen LogP contribution in [0, 0.1) is 6.92 Å². The lowest BCUT2D eigenvalue weighted by molar-refractivity contribution is 0.0526. The van der Waals surface area contributed by atoms with Gasteiger partial charge in [-0.25, -0.2) is 4.79 Å². The van der Waals surface area contributed by atoms with Crippen molar-refractivity contribution >= 4 is 22.4 Å². The Bertz CT molecular complexity index is 576. The van der Waals surface area contributed by atoms with Crippen molar-refractivity contribution < 1.29 is 9.53 Å². The van der Waals surface area contributed by atoms with Crippen LogP contribution in [0.2, 0.25) is 0 Å². The van der Waals surface area contributed by atoms with Gasteiger partial charge in [0.05, 0.1) is 12.2 Å². The van der Waals surface area contributed by atoms with Crippen molar-refractivity contribution in [3.8, 4) is 0 Å². The fourth-order valence-corrected chi connectivity index (χ4v) is 1.97. The van der Waals surface area contributed by atoms with E-state index in [1.54, 1.807) is 13.0 Å². The molecule has 3 nitrogen and oxygen atoms in total. The molecule has 0 aliphatic rings. The van der Waals surface area contributed by atoms with Crippen molar-refractivity contribution in [2.45, 2.75) is 13.8 Å². The van der Waals surface area contributed by atoms with Crippen molar-refractivity contribution in [1.29, 1.82) is 0 Å². The van der Waals surface area contributed by atoms with Crippen LogP contribution in [0.25, 0.3) is 10.8 Å². The summed E-state index contributed by atoms with van der Waals surface area (Å²) in [7, 11) is 0.